The van der Waals surface area contributed by atoms with Crippen molar-refractivity contribution in [2.45, 2.75) is 185 Å². The molecule has 1 fully saturated rings. The van der Waals surface area contributed by atoms with E-state index in [1.165, 1.54) is 44.9 Å². The highest BCUT2D eigenvalue weighted by Gasteiger charge is 2.54. The predicted octanol–water partition coefficient (Wildman–Crippen LogP) is 4.05. The number of hydrogen-bond donors (Lipinski definition) is 7. The van der Waals surface area contributed by atoms with E-state index in [4.69, 9.17) is 28.0 Å². The van der Waals surface area contributed by atoms with Crippen LogP contribution in [0.25, 0.3) is 0 Å². The number of phosphoric ester groups is 1. The molecule has 17 nitrogen and oxygen atoms in total. The molecule has 8 atom stereocenters. The Bertz CT molecular complexity index is 1100. The minimum Gasteiger partial charge on any atom is -0.477 e. The fraction of sp³-hybridized carbons (Fsp3) is 0.919. The van der Waals surface area contributed by atoms with Crippen molar-refractivity contribution in [1.29, 1.82) is 0 Å². The minimum absolute atomic E-state index is 0.0925. The van der Waals surface area contributed by atoms with Gasteiger partial charge in [0, 0.05) is 19.3 Å². The number of aliphatic hydroxyl groups is 5. The van der Waals surface area contributed by atoms with Gasteiger partial charge in [-0.25, -0.2) is 9.36 Å². The van der Waals surface area contributed by atoms with Gasteiger partial charge in [-0.3, -0.25) is 18.6 Å². The Labute approximate surface area is 325 Å². The molecule has 1 unspecified atom stereocenters. The zero-order chi connectivity index (χ0) is 41.1. The van der Waals surface area contributed by atoms with E-state index in [1.807, 2.05) is 0 Å². The number of unbranched alkanes of at least 4 members (excludes halogenated alkanes) is 15. The molecule has 0 radical (unpaired) electrons. The molecule has 55 heavy (non-hydrogen) atoms. The van der Waals surface area contributed by atoms with Crippen LogP contribution in [0.3, 0.4) is 0 Å². The molecular weight excluding hydrogens is 747 g/mol. The fourth-order valence-electron chi connectivity index (χ4n) is 5.93. The van der Waals surface area contributed by atoms with Gasteiger partial charge in [0.1, 0.15) is 31.0 Å². The number of carbonyl (C=O) groups is 3. The number of carboxylic acid groups (broad SMARTS) is 1. The highest BCUT2D eigenvalue weighted by Crippen LogP contribution is 2.43. The third kappa shape index (κ3) is 22.7. The maximum Gasteiger partial charge on any atom is 0.472 e. The van der Waals surface area contributed by atoms with E-state index in [1.54, 1.807) is 0 Å². The number of rotatable bonds is 34. The average Bonchev–Trinajstić information content (AvgIpc) is 3.15. The van der Waals surface area contributed by atoms with E-state index >= 15 is 0 Å². The van der Waals surface area contributed by atoms with Gasteiger partial charge in [-0.15, -0.1) is 0 Å². The molecule has 1 aliphatic rings. The van der Waals surface area contributed by atoms with Crippen molar-refractivity contribution in [3.63, 3.8) is 0 Å². The molecular formula is C37H69O17P. The number of aliphatic hydroxyl groups excluding tert-OH is 5. The molecule has 0 saturated carbocycles. The number of ether oxygens (including phenoxy) is 4. The van der Waals surface area contributed by atoms with Gasteiger partial charge >= 0.3 is 25.7 Å². The van der Waals surface area contributed by atoms with E-state index in [9.17, 15) is 54.5 Å². The first-order valence-corrected chi connectivity index (χ1v) is 21.5. The summed E-state index contributed by atoms with van der Waals surface area (Å²) in [6.45, 7) is 0.454. The van der Waals surface area contributed by atoms with E-state index < -0.39 is 108 Å². The molecule has 1 rings (SSSR count). The second-order valence-electron chi connectivity index (χ2n) is 14.3. The van der Waals surface area contributed by atoms with Crippen LogP contribution in [0.4, 0.5) is 0 Å². The summed E-state index contributed by atoms with van der Waals surface area (Å²) in [6, 6.07) is 0. The molecule has 0 bridgehead atoms. The van der Waals surface area contributed by atoms with Crippen molar-refractivity contribution in [3.05, 3.63) is 0 Å². The van der Waals surface area contributed by atoms with Gasteiger partial charge in [0.15, 0.2) is 6.10 Å². The zero-order valence-electron chi connectivity index (χ0n) is 32.8. The Kier molecular flexibility index (Phi) is 27.5. The lowest BCUT2D eigenvalue weighted by Crippen LogP contribution is -2.63. The lowest BCUT2D eigenvalue weighted by atomic mass is 9.92. The molecule has 1 heterocycles. The molecule has 7 N–H and O–H groups in total. The molecule has 1 aliphatic heterocycles. The van der Waals surface area contributed by atoms with Crippen LogP contribution in [-0.2, 0) is 46.9 Å². The minimum atomic E-state index is -4.94. The van der Waals surface area contributed by atoms with Crippen LogP contribution in [0, 0.1) is 0 Å². The number of hydrogen-bond acceptors (Lipinski definition) is 15. The van der Waals surface area contributed by atoms with Crippen molar-refractivity contribution in [3.8, 4) is 0 Å². The van der Waals surface area contributed by atoms with Gasteiger partial charge in [-0.05, 0) is 12.8 Å². The Morgan fingerprint density at radius 1 is 0.745 bits per heavy atom. The molecule has 0 aromatic rings. The first kappa shape index (κ1) is 51.3. The number of phosphoric acid groups is 1. The molecule has 0 aromatic heterocycles. The first-order valence-electron chi connectivity index (χ1n) is 20.0. The smallest absolute Gasteiger partial charge is 0.472 e. The number of esters is 2. The average molecular weight is 817 g/mol. The van der Waals surface area contributed by atoms with Crippen LogP contribution < -0.4 is 0 Å². The SMILES string of the molecule is CCCCCCCCCCCC(=O)O[C@@H](COC(=O)CCCCCCCCCC)COP(=O)(O)OC[C@H](O)CO[C@@]1(C(=O)O)C[C@H](O)[C@@H](O)[C@H]([C@@H](O)CO)O1. The Balaban J connectivity index is 2.67. The second kappa shape index (κ2) is 29.5. The third-order valence-electron chi connectivity index (χ3n) is 9.24. The third-order valence-corrected chi connectivity index (χ3v) is 10.2. The fourth-order valence-corrected chi connectivity index (χ4v) is 6.72. The summed E-state index contributed by atoms with van der Waals surface area (Å²) in [5, 5.41) is 59.5. The largest absolute Gasteiger partial charge is 0.477 e. The van der Waals surface area contributed by atoms with Crippen molar-refractivity contribution < 1.29 is 82.5 Å². The van der Waals surface area contributed by atoms with Gasteiger partial charge in [0.05, 0.1) is 32.5 Å². The maximum atomic E-state index is 12.7. The lowest BCUT2D eigenvalue weighted by Gasteiger charge is -2.43. The van der Waals surface area contributed by atoms with E-state index in [-0.39, 0.29) is 12.8 Å². The van der Waals surface area contributed by atoms with E-state index in [2.05, 4.69) is 13.8 Å². The lowest BCUT2D eigenvalue weighted by molar-refractivity contribution is -0.327. The van der Waals surface area contributed by atoms with Gasteiger partial charge < -0.3 is 54.5 Å². The van der Waals surface area contributed by atoms with Gasteiger partial charge in [0.25, 0.3) is 5.79 Å². The van der Waals surface area contributed by atoms with E-state index in [0.717, 1.165) is 51.4 Å². The standard InChI is InChI=1S/C37H69O17P/c1-3-5-7-9-11-13-15-17-19-21-33(43)53-29(26-49-32(42)20-18-16-14-12-10-8-6-4-2)27-52-55(47,48)51-25-28(39)24-50-37(36(45)46)22-30(40)34(44)35(54-37)31(41)23-38/h28-31,34-35,38-41,44H,3-27H2,1-2H3,(H,45,46)(H,47,48)/t28-,29+,30+,31+,34-,35+,37+/m1/s1. The number of carbonyl (C=O) groups excluding carboxylic acids is 2. The van der Waals surface area contributed by atoms with Crippen LogP contribution >= 0.6 is 7.82 Å². The quantitative estimate of drug-likeness (QED) is 0.0274. The van der Waals surface area contributed by atoms with Gasteiger partial charge in [-0.2, -0.15) is 0 Å². The van der Waals surface area contributed by atoms with Crippen LogP contribution in [0.5, 0.6) is 0 Å². The molecule has 18 heteroatoms. The molecule has 0 aromatic carbocycles. The molecule has 0 amide bonds. The van der Waals surface area contributed by atoms with Crippen LogP contribution in [0.1, 0.15) is 142 Å². The summed E-state index contributed by atoms with van der Waals surface area (Å²) in [7, 11) is -4.94. The van der Waals surface area contributed by atoms with Crippen LogP contribution in [0.2, 0.25) is 0 Å². The normalized spacial score (nSPS) is 22.7. The summed E-state index contributed by atoms with van der Waals surface area (Å²) in [5.41, 5.74) is 0. The highest BCUT2D eigenvalue weighted by atomic mass is 31.2. The van der Waals surface area contributed by atoms with E-state index in [0.29, 0.717) is 12.8 Å². The Hall–Kier alpha value is -1.76. The van der Waals surface area contributed by atoms with Crippen molar-refractivity contribution in [1.82, 2.24) is 0 Å². The molecule has 0 spiro atoms. The monoisotopic (exact) mass is 816 g/mol. The molecule has 0 aliphatic carbocycles. The Morgan fingerprint density at radius 2 is 1.24 bits per heavy atom. The first-order chi connectivity index (χ1) is 26.2. The predicted molar refractivity (Wildman–Crippen MR) is 199 cm³/mol. The summed E-state index contributed by atoms with van der Waals surface area (Å²) in [5.74, 6) is -5.56. The summed E-state index contributed by atoms with van der Waals surface area (Å²) in [6.07, 6.45) is 7.13. The van der Waals surface area contributed by atoms with Crippen molar-refractivity contribution in [2.75, 3.05) is 33.0 Å². The van der Waals surface area contributed by atoms with Crippen molar-refractivity contribution in [2.24, 2.45) is 0 Å². The molecule has 324 valence electrons. The topological polar surface area (TPSA) is 265 Å². The summed E-state index contributed by atoms with van der Waals surface area (Å²) < 4.78 is 43.6. The maximum absolute atomic E-state index is 12.7. The Morgan fingerprint density at radius 3 is 1.75 bits per heavy atom. The van der Waals surface area contributed by atoms with Crippen LogP contribution in [0.15, 0.2) is 0 Å². The number of aliphatic carboxylic acids is 1. The van der Waals surface area contributed by atoms with Crippen LogP contribution in [-0.4, -0.2) is 129 Å². The summed E-state index contributed by atoms with van der Waals surface area (Å²) in [4.78, 5) is 47.3. The van der Waals surface area contributed by atoms with Crippen molar-refractivity contribution >= 4 is 25.7 Å². The zero-order valence-corrected chi connectivity index (χ0v) is 33.7. The van der Waals surface area contributed by atoms with Gasteiger partial charge in [0.2, 0.25) is 0 Å². The molecule has 1 saturated heterocycles. The highest BCUT2D eigenvalue weighted by molar-refractivity contribution is 7.47. The second-order valence-corrected chi connectivity index (χ2v) is 15.7. The van der Waals surface area contributed by atoms with Gasteiger partial charge in [-0.1, -0.05) is 110 Å². The summed E-state index contributed by atoms with van der Waals surface area (Å²) >= 11 is 0. The number of carboxylic acids is 1.